The van der Waals surface area contributed by atoms with E-state index in [0.29, 0.717) is 0 Å². The normalized spacial score (nSPS) is 10.5. The second-order valence-electron chi connectivity index (χ2n) is 3.50. The van der Waals surface area contributed by atoms with Crippen LogP contribution in [0.1, 0.15) is 18.9 Å². The predicted molar refractivity (Wildman–Crippen MR) is 60.2 cm³/mol. The maximum Gasteiger partial charge on any atom is 0.155 e. The molecule has 2 aromatic rings. The molecule has 1 aromatic carbocycles. The van der Waals surface area contributed by atoms with E-state index in [-0.39, 0.29) is 0 Å². The molecule has 0 spiro atoms. The van der Waals surface area contributed by atoms with E-state index in [1.807, 2.05) is 12.1 Å². The third kappa shape index (κ3) is 1.98. The van der Waals surface area contributed by atoms with Crippen molar-refractivity contribution in [2.75, 3.05) is 5.73 Å². The minimum absolute atomic E-state index is 0.754. The number of aryl methyl sites for hydroxylation is 1. The van der Waals surface area contributed by atoms with Gasteiger partial charge in [-0.2, -0.15) is 5.10 Å². The molecule has 0 saturated carbocycles. The van der Waals surface area contributed by atoms with Crippen molar-refractivity contribution in [3.05, 3.63) is 30.1 Å². The molecule has 2 rings (SSSR count). The van der Waals surface area contributed by atoms with Crippen molar-refractivity contribution in [1.29, 1.82) is 0 Å². The van der Waals surface area contributed by atoms with E-state index >= 15 is 0 Å². The van der Waals surface area contributed by atoms with Crippen LogP contribution in [0.3, 0.4) is 0 Å². The molecule has 0 atom stereocenters. The lowest BCUT2D eigenvalue weighted by Gasteiger charge is -2.05. The van der Waals surface area contributed by atoms with E-state index in [1.54, 1.807) is 0 Å². The highest BCUT2D eigenvalue weighted by Crippen LogP contribution is 2.21. The first-order valence-corrected chi connectivity index (χ1v) is 5.05. The summed E-state index contributed by atoms with van der Waals surface area (Å²) in [7, 11) is 0. The smallest absolute Gasteiger partial charge is 0.155 e. The number of aromatic amines is 1. The molecule has 0 fully saturated rings. The number of nitrogen functional groups attached to an aromatic ring is 1. The molecule has 15 heavy (non-hydrogen) atoms. The van der Waals surface area contributed by atoms with Crippen molar-refractivity contribution >= 4 is 5.69 Å². The first-order valence-electron chi connectivity index (χ1n) is 5.05. The van der Waals surface area contributed by atoms with Gasteiger partial charge in [-0.05, 0) is 18.1 Å². The molecular weight excluding hydrogens is 188 g/mol. The van der Waals surface area contributed by atoms with Crippen molar-refractivity contribution in [3.8, 4) is 11.4 Å². The summed E-state index contributed by atoms with van der Waals surface area (Å²) in [5.74, 6) is 0.754. The standard InChI is InChI=1S/C11H14N4/c1-2-3-8-4-5-9(6-10(8)12)11-13-7-14-15-11/h4-7H,2-3,12H2,1H3,(H,13,14,15). The number of nitrogens with one attached hydrogen (secondary N) is 1. The number of anilines is 1. The Labute approximate surface area is 88.5 Å². The molecule has 0 unspecified atom stereocenters. The van der Waals surface area contributed by atoms with Crippen molar-refractivity contribution < 1.29 is 0 Å². The minimum Gasteiger partial charge on any atom is -0.398 e. The Kier molecular flexibility index (Phi) is 2.67. The van der Waals surface area contributed by atoms with Gasteiger partial charge < -0.3 is 5.73 Å². The van der Waals surface area contributed by atoms with Gasteiger partial charge in [0.25, 0.3) is 0 Å². The highest BCUT2D eigenvalue weighted by molar-refractivity contribution is 5.63. The third-order valence-electron chi connectivity index (χ3n) is 2.35. The van der Waals surface area contributed by atoms with Crippen molar-refractivity contribution in [3.63, 3.8) is 0 Å². The molecule has 78 valence electrons. The van der Waals surface area contributed by atoms with Gasteiger partial charge >= 0.3 is 0 Å². The van der Waals surface area contributed by atoms with Crippen LogP contribution in [0.2, 0.25) is 0 Å². The monoisotopic (exact) mass is 202 g/mol. The SMILES string of the molecule is CCCc1ccc(-c2ncn[nH]2)cc1N. The number of H-pyrrole nitrogens is 1. The Balaban J connectivity index is 2.33. The molecule has 0 bridgehead atoms. The van der Waals surface area contributed by atoms with Crippen molar-refractivity contribution in [2.24, 2.45) is 0 Å². The number of benzene rings is 1. The number of nitrogens with zero attached hydrogens (tertiary/aromatic N) is 2. The highest BCUT2D eigenvalue weighted by atomic mass is 15.2. The Morgan fingerprint density at radius 2 is 2.27 bits per heavy atom. The Hall–Kier alpha value is -1.84. The van der Waals surface area contributed by atoms with E-state index < -0.39 is 0 Å². The second-order valence-corrected chi connectivity index (χ2v) is 3.50. The average Bonchev–Trinajstić information content (AvgIpc) is 2.74. The summed E-state index contributed by atoms with van der Waals surface area (Å²) in [5.41, 5.74) is 8.95. The first-order chi connectivity index (χ1) is 7.31. The Bertz CT molecular complexity index is 434. The molecule has 0 saturated heterocycles. The van der Waals surface area contributed by atoms with Gasteiger partial charge in [-0.1, -0.05) is 25.5 Å². The zero-order valence-electron chi connectivity index (χ0n) is 8.70. The van der Waals surface area contributed by atoms with E-state index in [0.717, 1.165) is 29.9 Å². The average molecular weight is 202 g/mol. The molecule has 4 heteroatoms. The fourth-order valence-corrected chi connectivity index (χ4v) is 1.58. The molecule has 0 aliphatic heterocycles. The number of rotatable bonds is 3. The van der Waals surface area contributed by atoms with Gasteiger partial charge in [0.15, 0.2) is 5.82 Å². The lowest BCUT2D eigenvalue weighted by molar-refractivity contribution is 0.924. The maximum atomic E-state index is 5.95. The van der Waals surface area contributed by atoms with Crippen LogP contribution < -0.4 is 5.73 Å². The molecule has 0 aliphatic carbocycles. The van der Waals surface area contributed by atoms with E-state index in [1.165, 1.54) is 11.9 Å². The van der Waals surface area contributed by atoms with E-state index in [4.69, 9.17) is 5.73 Å². The molecule has 4 nitrogen and oxygen atoms in total. The number of hydrogen-bond acceptors (Lipinski definition) is 3. The maximum absolute atomic E-state index is 5.95. The molecular formula is C11H14N4. The van der Waals surface area contributed by atoms with Crippen LogP contribution in [0.4, 0.5) is 5.69 Å². The van der Waals surface area contributed by atoms with Gasteiger partial charge in [0.2, 0.25) is 0 Å². The van der Waals surface area contributed by atoms with Gasteiger partial charge in [0, 0.05) is 11.3 Å². The van der Waals surface area contributed by atoms with Gasteiger partial charge in [-0.3, -0.25) is 5.10 Å². The van der Waals surface area contributed by atoms with Crippen LogP contribution in [0.15, 0.2) is 24.5 Å². The van der Waals surface area contributed by atoms with Crippen LogP contribution >= 0.6 is 0 Å². The first kappa shape index (κ1) is 9.71. The summed E-state index contributed by atoms with van der Waals surface area (Å²) in [6.45, 7) is 2.14. The molecule has 1 heterocycles. The van der Waals surface area contributed by atoms with Gasteiger partial charge in [0.1, 0.15) is 6.33 Å². The summed E-state index contributed by atoms with van der Waals surface area (Å²) in [4.78, 5) is 4.08. The van der Waals surface area contributed by atoms with Crippen LogP contribution in [-0.2, 0) is 6.42 Å². The summed E-state index contributed by atoms with van der Waals surface area (Å²) in [6, 6.07) is 6.00. The molecule has 0 radical (unpaired) electrons. The van der Waals surface area contributed by atoms with Crippen LogP contribution in [-0.4, -0.2) is 15.2 Å². The topological polar surface area (TPSA) is 67.6 Å². The predicted octanol–water partition coefficient (Wildman–Crippen LogP) is 2.01. The Morgan fingerprint density at radius 3 is 2.87 bits per heavy atom. The summed E-state index contributed by atoms with van der Waals surface area (Å²) < 4.78 is 0. The Morgan fingerprint density at radius 1 is 1.40 bits per heavy atom. The van der Waals surface area contributed by atoms with Crippen molar-refractivity contribution in [1.82, 2.24) is 15.2 Å². The molecule has 3 N–H and O–H groups in total. The lowest BCUT2D eigenvalue weighted by Crippen LogP contribution is -1.95. The minimum atomic E-state index is 0.754. The lowest BCUT2D eigenvalue weighted by atomic mass is 10.1. The fourth-order valence-electron chi connectivity index (χ4n) is 1.58. The largest absolute Gasteiger partial charge is 0.398 e. The number of hydrogen-bond donors (Lipinski definition) is 2. The third-order valence-corrected chi connectivity index (χ3v) is 2.35. The fraction of sp³-hybridized carbons (Fsp3) is 0.273. The highest BCUT2D eigenvalue weighted by Gasteiger charge is 2.03. The van der Waals surface area contributed by atoms with Crippen LogP contribution in [0.5, 0.6) is 0 Å². The zero-order chi connectivity index (χ0) is 10.7. The molecule has 0 aliphatic rings. The van der Waals surface area contributed by atoms with Crippen LogP contribution in [0.25, 0.3) is 11.4 Å². The summed E-state index contributed by atoms with van der Waals surface area (Å²) >= 11 is 0. The zero-order valence-corrected chi connectivity index (χ0v) is 8.70. The van der Waals surface area contributed by atoms with Gasteiger partial charge in [-0.25, -0.2) is 4.98 Å². The van der Waals surface area contributed by atoms with Crippen molar-refractivity contribution in [2.45, 2.75) is 19.8 Å². The van der Waals surface area contributed by atoms with E-state index in [9.17, 15) is 0 Å². The number of aromatic nitrogens is 3. The van der Waals surface area contributed by atoms with Crippen LogP contribution in [0, 0.1) is 0 Å². The summed E-state index contributed by atoms with van der Waals surface area (Å²) in [6.07, 6.45) is 3.61. The quantitative estimate of drug-likeness (QED) is 0.748. The summed E-state index contributed by atoms with van der Waals surface area (Å²) in [5, 5.41) is 6.63. The van der Waals surface area contributed by atoms with Gasteiger partial charge in [-0.15, -0.1) is 0 Å². The molecule has 1 aromatic heterocycles. The van der Waals surface area contributed by atoms with E-state index in [2.05, 4.69) is 28.2 Å². The second kappa shape index (κ2) is 4.13. The van der Waals surface area contributed by atoms with Gasteiger partial charge in [0.05, 0.1) is 0 Å². The number of nitrogens with two attached hydrogens (primary N) is 1. The molecule has 0 amide bonds.